The first-order valence-electron chi connectivity index (χ1n) is 7.72. The van der Waals surface area contributed by atoms with Crippen LogP contribution in [0, 0.1) is 6.92 Å². The summed E-state index contributed by atoms with van der Waals surface area (Å²) in [6, 6.07) is 2.94. The van der Waals surface area contributed by atoms with Crippen LogP contribution in [-0.2, 0) is 13.1 Å². The second-order valence-corrected chi connectivity index (χ2v) is 5.56. The topological polar surface area (TPSA) is 33.1 Å². The van der Waals surface area contributed by atoms with Crippen molar-refractivity contribution in [1.82, 2.24) is 20.0 Å². The summed E-state index contributed by atoms with van der Waals surface area (Å²) < 4.78 is 2.14. The van der Waals surface area contributed by atoms with Crippen molar-refractivity contribution in [3.8, 4) is 0 Å². The van der Waals surface area contributed by atoms with Gasteiger partial charge in [0.1, 0.15) is 0 Å². The minimum Gasteiger partial charge on any atom is -0.315 e. The third kappa shape index (κ3) is 3.80. The molecule has 1 aliphatic rings. The summed E-state index contributed by atoms with van der Waals surface area (Å²) in [5.74, 6) is 0. The molecule has 1 saturated heterocycles. The van der Waals surface area contributed by atoms with E-state index in [9.17, 15) is 0 Å². The zero-order valence-corrected chi connectivity index (χ0v) is 12.7. The molecule has 0 aromatic carbocycles. The van der Waals surface area contributed by atoms with Crippen molar-refractivity contribution in [2.75, 3.05) is 19.6 Å². The standard InChI is InChI=1S/C15H28N4/c1-4-8-16-11-14-7-6-9-18(14)12-15-10-13(3)17-19(15)5-2/h10,14,16H,4-9,11-12H2,1-3H3. The number of hydrogen-bond acceptors (Lipinski definition) is 3. The van der Waals surface area contributed by atoms with Gasteiger partial charge in [-0.1, -0.05) is 6.92 Å². The Balaban J connectivity index is 1.93. The summed E-state index contributed by atoms with van der Waals surface area (Å²) in [6.07, 6.45) is 3.88. The van der Waals surface area contributed by atoms with E-state index in [0.29, 0.717) is 6.04 Å². The highest BCUT2D eigenvalue weighted by Crippen LogP contribution is 2.20. The highest BCUT2D eigenvalue weighted by atomic mass is 15.3. The predicted molar refractivity (Wildman–Crippen MR) is 79.2 cm³/mol. The van der Waals surface area contributed by atoms with Crippen molar-refractivity contribution in [2.45, 2.75) is 59.2 Å². The molecule has 108 valence electrons. The molecule has 2 heterocycles. The highest BCUT2D eigenvalue weighted by molar-refractivity contribution is 5.09. The van der Waals surface area contributed by atoms with E-state index in [-0.39, 0.29) is 0 Å². The van der Waals surface area contributed by atoms with E-state index in [4.69, 9.17) is 0 Å². The van der Waals surface area contributed by atoms with Gasteiger partial charge in [-0.2, -0.15) is 5.10 Å². The molecule has 0 bridgehead atoms. The van der Waals surface area contributed by atoms with Crippen molar-refractivity contribution >= 4 is 0 Å². The molecule has 1 aromatic heterocycles. The maximum Gasteiger partial charge on any atom is 0.0597 e. The maximum absolute atomic E-state index is 4.55. The van der Waals surface area contributed by atoms with E-state index < -0.39 is 0 Å². The third-order valence-corrected chi connectivity index (χ3v) is 3.96. The second-order valence-electron chi connectivity index (χ2n) is 5.56. The first-order valence-corrected chi connectivity index (χ1v) is 7.72. The summed E-state index contributed by atoms with van der Waals surface area (Å²) in [6.45, 7) is 12.0. The molecule has 19 heavy (non-hydrogen) atoms. The Morgan fingerprint density at radius 3 is 3.00 bits per heavy atom. The molecule has 1 aromatic rings. The third-order valence-electron chi connectivity index (χ3n) is 3.96. The number of likely N-dealkylation sites (tertiary alicyclic amines) is 1. The van der Waals surface area contributed by atoms with Gasteiger partial charge in [0.05, 0.1) is 11.4 Å². The van der Waals surface area contributed by atoms with E-state index in [1.165, 1.54) is 31.5 Å². The van der Waals surface area contributed by atoms with Crippen LogP contribution in [0.15, 0.2) is 6.07 Å². The van der Waals surface area contributed by atoms with Gasteiger partial charge in [0.15, 0.2) is 0 Å². The van der Waals surface area contributed by atoms with Gasteiger partial charge in [0.2, 0.25) is 0 Å². The van der Waals surface area contributed by atoms with Gasteiger partial charge in [0, 0.05) is 25.7 Å². The van der Waals surface area contributed by atoms with Crippen molar-refractivity contribution in [3.63, 3.8) is 0 Å². The lowest BCUT2D eigenvalue weighted by Crippen LogP contribution is -2.38. The molecule has 4 nitrogen and oxygen atoms in total. The molecule has 2 rings (SSSR count). The Morgan fingerprint density at radius 2 is 2.26 bits per heavy atom. The van der Waals surface area contributed by atoms with Gasteiger partial charge in [-0.05, 0) is 52.3 Å². The predicted octanol–water partition coefficient (Wildman–Crippen LogP) is 2.18. The average molecular weight is 264 g/mol. The summed E-state index contributed by atoms with van der Waals surface area (Å²) in [4.78, 5) is 2.62. The molecule has 1 N–H and O–H groups in total. The van der Waals surface area contributed by atoms with Crippen molar-refractivity contribution < 1.29 is 0 Å². The smallest absolute Gasteiger partial charge is 0.0597 e. The molecule has 0 aliphatic carbocycles. The number of aromatic nitrogens is 2. The zero-order valence-electron chi connectivity index (χ0n) is 12.7. The van der Waals surface area contributed by atoms with Crippen molar-refractivity contribution in [1.29, 1.82) is 0 Å². The number of hydrogen-bond donors (Lipinski definition) is 1. The molecule has 4 heteroatoms. The van der Waals surface area contributed by atoms with Gasteiger partial charge < -0.3 is 5.32 Å². The summed E-state index contributed by atoms with van der Waals surface area (Å²) in [7, 11) is 0. The lowest BCUT2D eigenvalue weighted by molar-refractivity contribution is 0.232. The molecular weight excluding hydrogens is 236 g/mol. The number of aryl methyl sites for hydroxylation is 2. The quantitative estimate of drug-likeness (QED) is 0.766. The van der Waals surface area contributed by atoms with Crippen LogP contribution >= 0.6 is 0 Å². The minimum absolute atomic E-state index is 0.701. The van der Waals surface area contributed by atoms with Crippen LogP contribution in [0.5, 0.6) is 0 Å². The van der Waals surface area contributed by atoms with Crippen LogP contribution in [0.2, 0.25) is 0 Å². The number of nitrogens with zero attached hydrogens (tertiary/aromatic N) is 3. The normalized spacial score (nSPS) is 20.3. The Bertz CT molecular complexity index is 385. The average Bonchev–Trinajstić information content (AvgIpc) is 2.97. The van der Waals surface area contributed by atoms with Crippen LogP contribution in [0.3, 0.4) is 0 Å². The van der Waals surface area contributed by atoms with Gasteiger partial charge in [0.25, 0.3) is 0 Å². The second kappa shape index (κ2) is 7.06. The monoisotopic (exact) mass is 264 g/mol. The summed E-state index contributed by atoms with van der Waals surface area (Å²) in [5, 5.41) is 8.11. The molecule has 0 saturated carbocycles. The molecule has 1 unspecified atom stereocenters. The fourth-order valence-corrected chi connectivity index (χ4v) is 2.99. The van der Waals surface area contributed by atoms with Gasteiger partial charge in [-0.15, -0.1) is 0 Å². The van der Waals surface area contributed by atoms with Crippen molar-refractivity contribution in [3.05, 3.63) is 17.5 Å². The van der Waals surface area contributed by atoms with E-state index >= 15 is 0 Å². The first-order chi connectivity index (χ1) is 9.24. The molecule has 0 radical (unpaired) electrons. The molecule has 1 fully saturated rings. The largest absolute Gasteiger partial charge is 0.315 e. The molecule has 1 aliphatic heterocycles. The fraction of sp³-hybridized carbons (Fsp3) is 0.800. The molecule has 1 atom stereocenters. The first kappa shape index (κ1) is 14.5. The van der Waals surface area contributed by atoms with Gasteiger partial charge in [-0.3, -0.25) is 9.58 Å². The van der Waals surface area contributed by atoms with E-state index in [1.807, 2.05) is 0 Å². The lowest BCUT2D eigenvalue weighted by atomic mass is 10.2. The Morgan fingerprint density at radius 1 is 1.42 bits per heavy atom. The molecule has 0 amide bonds. The minimum atomic E-state index is 0.701. The van der Waals surface area contributed by atoms with Gasteiger partial charge >= 0.3 is 0 Å². The fourth-order valence-electron chi connectivity index (χ4n) is 2.99. The lowest BCUT2D eigenvalue weighted by Gasteiger charge is -2.24. The van der Waals surface area contributed by atoms with Crippen molar-refractivity contribution in [2.24, 2.45) is 0 Å². The molecular formula is C15H28N4. The summed E-state index contributed by atoms with van der Waals surface area (Å²) in [5.41, 5.74) is 2.50. The Kier molecular flexibility index (Phi) is 5.40. The summed E-state index contributed by atoms with van der Waals surface area (Å²) >= 11 is 0. The van der Waals surface area contributed by atoms with Crippen LogP contribution < -0.4 is 5.32 Å². The van der Waals surface area contributed by atoms with E-state index in [2.05, 4.69) is 46.8 Å². The van der Waals surface area contributed by atoms with Crippen LogP contribution in [0.1, 0.15) is 44.5 Å². The zero-order chi connectivity index (χ0) is 13.7. The number of nitrogens with one attached hydrogen (secondary N) is 1. The maximum atomic E-state index is 4.55. The van der Waals surface area contributed by atoms with Crippen LogP contribution in [-0.4, -0.2) is 40.4 Å². The number of rotatable bonds is 7. The van der Waals surface area contributed by atoms with E-state index in [1.54, 1.807) is 0 Å². The van der Waals surface area contributed by atoms with Gasteiger partial charge in [-0.25, -0.2) is 0 Å². The Labute approximate surface area is 117 Å². The van der Waals surface area contributed by atoms with E-state index in [0.717, 1.165) is 31.9 Å². The molecule has 0 spiro atoms. The van der Waals surface area contributed by atoms with Crippen LogP contribution in [0.4, 0.5) is 0 Å². The highest BCUT2D eigenvalue weighted by Gasteiger charge is 2.24. The Hall–Kier alpha value is -0.870. The SMILES string of the molecule is CCCNCC1CCCN1Cc1cc(C)nn1CC. The van der Waals surface area contributed by atoms with Crippen LogP contribution in [0.25, 0.3) is 0 Å².